The Balaban J connectivity index is 1.79. The van der Waals surface area contributed by atoms with E-state index in [-0.39, 0.29) is 30.7 Å². The summed E-state index contributed by atoms with van der Waals surface area (Å²) < 4.78 is 43.7. The molecule has 0 spiro atoms. The Kier molecular flexibility index (Phi) is 6.97. The maximum atomic E-state index is 12.4. The van der Waals surface area contributed by atoms with Gasteiger partial charge in [0.05, 0.1) is 41.7 Å². The predicted molar refractivity (Wildman–Crippen MR) is 110 cm³/mol. The fourth-order valence-electron chi connectivity index (χ4n) is 3.07. The van der Waals surface area contributed by atoms with Gasteiger partial charge in [-0.05, 0) is 38.5 Å². The van der Waals surface area contributed by atoms with Crippen molar-refractivity contribution in [3.05, 3.63) is 47.7 Å². The van der Waals surface area contributed by atoms with Gasteiger partial charge in [-0.1, -0.05) is 0 Å². The highest BCUT2D eigenvalue weighted by Gasteiger charge is 2.29. The third kappa shape index (κ3) is 5.94. The monoisotopic (exact) mass is 451 g/mol. The number of pyridine rings is 2. The van der Waals surface area contributed by atoms with Crippen molar-refractivity contribution in [1.82, 2.24) is 25.1 Å². The Morgan fingerprint density at radius 2 is 2.06 bits per heavy atom. The number of aliphatic hydroxyl groups excluding tert-OH is 1. The van der Waals surface area contributed by atoms with Crippen LogP contribution in [-0.4, -0.2) is 56.2 Å². The summed E-state index contributed by atoms with van der Waals surface area (Å²) in [6.45, 7) is 3.85. The average Bonchev–Trinajstić information content (AvgIpc) is 3.15. The lowest BCUT2D eigenvalue weighted by Crippen LogP contribution is -2.31. The number of aromatic nitrogens is 4. The zero-order chi connectivity index (χ0) is 23.5. The molecule has 11 heteroatoms. The second kappa shape index (κ2) is 9.51. The molecule has 0 aliphatic rings. The number of aryl methyl sites for hydroxylation is 1. The standard InChI is InChI=1S/C21H24F3N5O3/c1-12-6-17(26-9-19(12)32-11-21(22,23)24)14(3)29-10-15-16(28-29)4-5-25-18(15)7-20(31)27-8-13(2)30/h4-6,9-10,13-14,30H,7-8,11H2,1-3H3,(H,27,31)/t13-,14?/m0/s1. The molecule has 0 aromatic carbocycles. The molecule has 0 saturated heterocycles. The highest BCUT2D eigenvalue weighted by Crippen LogP contribution is 2.26. The van der Waals surface area contributed by atoms with Crippen molar-refractivity contribution < 1.29 is 27.8 Å². The Hall–Kier alpha value is -3.21. The first kappa shape index (κ1) is 23.5. The van der Waals surface area contributed by atoms with E-state index in [0.29, 0.717) is 27.9 Å². The summed E-state index contributed by atoms with van der Waals surface area (Å²) in [5.74, 6) is -0.197. The minimum Gasteiger partial charge on any atom is -0.482 e. The van der Waals surface area contributed by atoms with Gasteiger partial charge in [0.25, 0.3) is 0 Å². The van der Waals surface area contributed by atoms with Gasteiger partial charge in [-0.2, -0.15) is 18.3 Å². The number of ether oxygens (including phenoxy) is 1. The molecule has 3 aromatic heterocycles. The van der Waals surface area contributed by atoms with E-state index in [0.717, 1.165) is 0 Å². The average molecular weight is 451 g/mol. The smallest absolute Gasteiger partial charge is 0.422 e. The van der Waals surface area contributed by atoms with Crippen LogP contribution in [0.5, 0.6) is 5.75 Å². The van der Waals surface area contributed by atoms with Crippen LogP contribution >= 0.6 is 0 Å². The van der Waals surface area contributed by atoms with Crippen molar-refractivity contribution in [3.63, 3.8) is 0 Å². The largest absolute Gasteiger partial charge is 0.482 e. The van der Waals surface area contributed by atoms with E-state index in [1.807, 2.05) is 6.92 Å². The number of aliphatic hydroxyl groups is 1. The molecule has 8 nitrogen and oxygen atoms in total. The molecule has 1 amide bonds. The third-order valence-corrected chi connectivity index (χ3v) is 4.76. The molecule has 2 atom stereocenters. The summed E-state index contributed by atoms with van der Waals surface area (Å²) in [6.07, 6.45) is -0.436. The topological polar surface area (TPSA) is 102 Å². The molecule has 3 heterocycles. The Bertz CT molecular complexity index is 1100. The molecule has 0 fully saturated rings. The Labute approximate surface area is 182 Å². The molecule has 32 heavy (non-hydrogen) atoms. The van der Waals surface area contributed by atoms with Crippen LogP contribution in [-0.2, 0) is 11.2 Å². The Morgan fingerprint density at radius 3 is 2.72 bits per heavy atom. The lowest BCUT2D eigenvalue weighted by Gasteiger charge is -2.15. The SMILES string of the molecule is Cc1cc(C(C)n2cc3c(CC(=O)NC[C@H](C)O)nccc3n2)ncc1OCC(F)(F)F. The minimum absolute atomic E-state index is 0.0345. The number of fused-ring (bicyclic) bond motifs is 1. The van der Waals surface area contributed by atoms with Gasteiger partial charge in [0, 0.05) is 24.3 Å². The van der Waals surface area contributed by atoms with E-state index in [9.17, 15) is 23.1 Å². The van der Waals surface area contributed by atoms with Crippen LogP contribution < -0.4 is 10.1 Å². The number of halogens is 3. The summed E-state index contributed by atoms with van der Waals surface area (Å²) in [7, 11) is 0. The van der Waals surface area contributed by atoms with Gasteiger partial charge in [-0.25, -0.2) is 0 Å². The number of nitrogens with one attached hydrogen (secondary N) is 1. The summed E-state index contributed by atoms with van der Waals surface area (Å²) in [5.41, 5.74) is 2.31. The lowest BCUT2D eigenvalue weighted by molar-refractivity contribution is -0.153. The Morgan fingerprint density at radius 1 is 1.31 bits per heavy atom. The van der Waals surface area contributed by atoms with Crippen molar-refractivity contribution >= 4 is 16.8 Å². The highest BCUT2D eigenvalue weighted by atomic mass is 19.4. The van der Waals surface area contributed by atoms with Crippen LogP contribution in [0.2, 0.25) is 0 Å². The molecule has 1 unspecified atom stereocenters. The van der Waals surface area contributed by atoms with Crippen molar-refractivity contribution in [2.75, 3.05) is 13.2 Å². The number of nitrogens with zero attached hydrogens (tertiary/aromatic N) is 4. The fraction of sp³-hybridized carbons (Fsp3) is 0.429. The van der Waals surface area contributed by atoms with E-state index in [2.05, 4.69) is 20.4 Å². The minimum atomic E-state index is -4.42. The molecule has 0 bridgehead atoms. The molecule has 0 aliphatic carbocycles. The van der Waals surface area contributed by atoms with Gasteiger partial charge in [0.1, 0.15) is 5.75 Å². The first-order chi connectivity index (χ1) is 15.0. The molecule has 0 aliphatic heterocycles. The van der Waals surface area contributed by atoms with Crippen LogP contribution in [0.25, 0.3) is 10.9 Å². The van der Waals surface area contributed by atoms with Crippen molar-refractivity contribution in [1.29, 1.82) is 0 Å². The van der Waals surface area contributed by atoms with Gasteiger partial charge in [-0.3, -0.25) is 19.4 Å². The van der Waals surface area contributed by atoms with E-state index in [1.54, 1.807) is 43.1 Å². The number of carbonyl (C=O) groups is 1. The second-order valence-corrected chi connectivity index (χ2v) is 7.58. The van der Waals surface area contributed by atoms with Crippen LogP contribution in [0.4, 0.5) is 13.2 Å². The molecular formula is C21H24F3N5O3. The first-order valence-corrected chi connectivity index (χ1v) is 9.97. The zero-order valence-electron chi connectivity index (χ0n) is 17.8. The van der Waals surface area contributed by atoms with Crippen molar-refractivity contribution in [2.24, 2.45) is 0 Å². The van der Waals surface area contributed by atoms with E-state index in [1.165, 1.54) is 6.20 Å². The van der Waals surface area contributed by atoms with Crippen molar-refractivity contribution in [2.45, 2.75) is 45.5 Å². The van der Waals surface area contributed by atoms with Gasteiger partial charge >= 0.3 is 6.18 Å². The number of alkyl halides is 3. The molecular weight excluding hydrogens is 427 g/mol. The molecule has 0 radical (unpaired) electrons. The highest BCUT2D eigenvalue weighted by molar-refractivity contribution is 5.86. The maximum absolute atomic E-state index is 12.4. The number of rotatable bonds is 8. The van der Waals surface area contributed by atoms with Crippen LogP contribution in [0.1, 0.15) is 36.8 Å². The molecule has 2 N–H and O–H groups in total. The number of hydrogen-bond acceptors (Lipinski definition) is 6. The number of amides is 1. The number of hydrogen-bond donors (Lipinski definition) is 2. The van der Waals surface area contributed by atoms with Crippen LogP contribution in [0, 0.1) is 6.92 Å². The van der Waals surface area contributed by atoms with E-state index in [4.69, 9.17) is 4.74 Å². The summed E-state index contributed by atoms with van der Waals surface area (Å²) in [4.78, 5) is 20.7. The lowest BCUT2D eigenvalue weighted by atomic mass is 10.1. The number of carbonyl (C=O) groups excluding carboxylic acids is 1. The molecule has 172 valence electrons. The second-order valence-electron chi connectivity index (χ2n) is 7.58. The fourth-order valence-corrected chi connectivity index (χ4v) is 3.07. The third-order valence-electron chi connectivity index (χ3n) is 4.76. The normalized spacial score (nSPS) is 13.7. The van der Waals surface area contributed by atoms with Gasteiger partial charge in [-0.15, -0.1) is 0 Å². The molecule has 3 aromatic rings. The van der Waals surface area contributed by atoms with Gasteiger partial charge in [0.15, 0.2) is 6.61 Å². The summed E-state index contributed by atoms with van der Waals surface area (Å²) in [6, 6.07) is 3.06. The van der Waals surface area contributed by atoms with Crippen molar-refractivity contribution in [3.8, 4) is 5.75 Å². The van der Waals surface area contributed by atoms with Crippen LogP contribution in [0.3, 0.4) is 0 Å². The summed E-state index contributed by atoms with van der Waals surface area (Å²) in [5, 5.41) is 17.2. The van der Waals surface area contributed by atoms with Gasteiger partial charge in [0.2, 0.25) is 5.91 Å². The van der Waals surface area contributed by atoms with Crippen LogP contribution in [0.15, 0.2) is 30.7 Å². The molecule has 0 saturated carbocycles. The van der Waals surface area contributed by atoms with Gasteiger partial charge < -0.3 is 15.2 Å². The first-order valence-electron chi connectivity index (χ1n) is 9.97. The summed E-state index contributed by atoms with van der Waals surface area (Å²) >= 11 is 0. The zero-order valence-corrected chi connectivity index (χ0v) is 17.8. The quantitative estimate of drug-likeness (QED) is 0.546. The maximum Gasteiger partial charge on any atom is 0.422 e. The molecule has 3 rings (SSSR count). The van der Waals surface area contributed by atoms with E-state index < -0.39 is 18.9 Å². The predicted octanol–water partition coefficient (Wildman–Crippen LogP) is 2.72. The van der Waals surface area contributed by atoms with E-state index >= 15 is 0 Å².